The molecule has 9 aromatic rings. The molecular weight excluding hydrogens is 865 g/mol. The fraction of sp³-hybridized carbons (Fsp3) is 0.288. The molecule has 0 saturated heterocycles. The molecule has 0 radical (unpaired) electrons. The van der Waals surface area contributed by atoms with Crippen molar-refractivity contribution in [2.24, 2.45) is 0 Å². The van der Waals surface area contributed by atoms with Crippen molar-refractivity contribution in [3.63, 3.8) is 0 Å². The van der Waals surface area contributed by atoms with Gasteiger partial charge in [-0.3, -0.25) is 4.57 Å². The number of rotatable bonds is 9. The molecule has 0 bridgehead atoms. The zero-order valence-corrected chi connectivity index (χ0v) is 44.1. The monoisotopic (exact) mass is 935 g/mol. The van der Waals surface area contributed by atoms with Gasteiger partial charge in [0.15, 0.2) is 0 Å². The molecule has 0 amide bonds. The minimum Gasteiger partial charge on any atom is -0.457 e. The van der Waals surface area contributed by atoms with Crippen molar-refractivity contribution in [2.45, 2.75) is 117 Å². The maximum absolute atomic E-state index is 7.19. The number of fused-ring (bicyclic) bond motifs is 4. The average molecular weight is 935 g/mol. The second-order valence-corrected chi connectivity index (χ2v) is 24.0. The molecule has 3 heterocycles. The summed E-state index contributed by atoms with van der Waals surface area (Å²) in [5.41, 5.74) is 15.0. The Kier molecular flexibility index (Phi) is 11.6. The van der Waals surface area contributed by atoms with E-state index in [0.29, 0.717) is 6.67 Å². The third kappa shape index (κ3) is 8.90. The van der Waals surface area contributed by atoms with Crippen molar-refractivity contribution < 1.29 is 4.74 Å². The number of benzene rings is 7. The van der Waals surface area contributed by atoms with Crippen LogP contribution in [0.2, 0.25) is 0 Å². The summed E-state index contributed by atoms with van der Waals surface area (Å²) < 4.78 is 9.50. The first-order valence-electron chi connectivity index (χ1n) is 25.4. The zero-order chi connectivity index (χ0) is 50.3. The van der Waals surface area contributed by atoms with Crippen LogP contribution in [0.4, 0.5) is 22.7 Å². The van der Waals surface area contributed by atoms with Gasteiger partial charge in [0.25, 0.3) is 0 Å². The molecule has 5 nitrogen and oxygen atoms in total. The molecule has 1 aliphatic heterocycles. The van der Waals surface area contributed by atoms with Gasteiger partial charge in [0.05, 0.1) is 22.4 Å². The molecule has 0 unspecified atom stereocenters. The summed E-state index contributed by atoms with van der Waals surface area (Å²) in [6.45, 7) is 30.4. The molecule has 7 aromatic carbocycles. The van der Waals surface area contributed by atoms with Crippen LogP contribution in [-0.2, 0) is 27.1 Å². The van der Waals surface area contributed by atoms with Gasteiger partial charge < -0.3 is 14.5 Å². The summed E-state index contributed by atoms with van der Waals surface area (Å²) in [5, 5.41) is 2.37. The lowest BCUT2D eigenvalue weighted by molar-refractivity contribution is 0.480. The lowest BCUT2D eigenvalue weighted by Crippen LogP contribution is -2.26. The van der Waals surface area contributed by atoms with Crippen LogP contribution in [0.3, 0.4) is 0 Å². The topological polar surface area (TPSA) is 33.5 Å². The first-order valence-corrected chi connectivity index (χ1v) is 25.4. The van der Waals surface area contributed by atoms with Crippen LogP contribution in [0.25, 0.3) is 27.6 Å². The summed E-state index contributed by atoms with van der Waals surface area (Å²) >= 11 is 0. The van der Waals surface area contributed by atoms with E-state index >= 15 is 0 Å². The Morgan fingerprint density at radius 2 is 0.958 bits per heavy atom. The molecule has 2 aromatic heterocycles. The van der Waals surface area contributed by atoms with E-state index in [2.05, 4.69) is 274 Å². The van der Waals surface area contributed by atoms with Crippen LogP contribution < -0.4 is 14.5 Å². The third-order valence-electron chi connectivity index (χ3n) is 15.2. The molecule has 0 N–H and O–H groups in total. The fourth-order valence-electron chi connectivity index (χ4n) is 10.4. The lowest BCUT2D eigenvalue weighted by Gasteiger charge is -2.30. The van der Waals surface area contributed by atoms with Gasteiger partial charge in [-0.1, -0.05) is 175 Å². The quantitative estimate of drug-likeness (QED) is 0.144. The molecule has 0 spiro atoms. The SMILES string of the molecule is CC(C)(C)c1ccnc(-n2c3ccc(C(C)(C)C)cc3c3ccc(Oc4cc(N5CN(c6cccc(C(C)(C)c7ccccc7)c6)c6cc(C(C)(C)C)ccc65)cc(C(C)(C)c5ccccc5)c4)cc32)c1. The Hall–Kier alpha value is -7.11. The van der Waals surface area contributed by atoms with Crippen molar-refractivity contribution in [3.8, 4) is 17.3 Å². The Bertz CT molecular complexity index is 3430. The van der Waals surface area contributed by atoms with E-state index in [1.54, 1.807) is 0 Å². The Morgan fingerprint density at radius 1 is 0.380 bits per heavy atom. The van der Waals surface area contributed by atoms with Crippen molar-refractivity contribution in [1.29, 1.82) is 0 Å². The summed E-state index contributed by atoms with van der Waals surface area (Å²) in [6.07, 6.45) is 1.95. The molecule has 0 fully saturated rings. The van der Waals surface area contributed by atoms with Crippen molar-refractivity contribution in [3.05, 3.63) is 215 Å². The van der Waals surface area contributed by atoms with Crippen LogP contribution in [-0.4, -0.2) is 16.2 Å². The fourth-order valence-corrected chi connectivity index (χ4v) is 10.4. The van der Waals surface area contributed by atoms with E-state index in [9.17, 15) is 0 Å². The highest BCUT2D eigenvalue weighted by atomic mass is 16.5. The molecule has 360 valence electrons. The predicted molar refractivity (Wildman–Crippen MR) is 300 cm³/mol. The number of pyridine rings is 1. The molecule has 5 heteroatoms. The first kappa shape index (κ1) is 47.6. The van der Waals surface area contributed by atoms with E-state index < -0.39 is 0 Å². The maximum atomic E-state index is 7.19. The number of aromatic nitrogens is 2. The van der Waals surface area contributed by atoms with Crippen LogP contribution >= 0.6 is 0 Å². The maximum Gasteiger partial charge on any atom is 0.137 e. The van der Waals surface area contributed by atoms with Crippen LogP contribution in [0.1, 0.15) is 129 Å². The zero-order valence-electron chi connectivity index (χ0n) is 44.1. The number of anilines is 4. The first-order chi connectivity index (χ1) is 33.6. The second kappa shape index (κ2) is 17.3. The van der Waals surface area contributed by atoms with Gasteiger partial charge in [-0.15, -0.1) is 0 Å². The molecular formula is C66H70N4O. The highest BCUT2D eigenvalue weighted by Gasteiger charge is 2.34. The summed E-state index contributed by atoms with van der Waals surface area (Å²) in [6, 6.07) is 62.6. The van der Waals surface area contributed by atoms with Crippen LogP contribution in [0, 0.1) is 0 Å². The van der Waals surface area contributed by atoms with Crippen LogP contribution in [0.15, 0.2) is 176 Å². The normalized spacial score (nSPS) is 13.6. The van der Waals surface area contributed by atoms with Gasteiger partial charge in [-0.2, -0.15) is 0 Å². The number of hydrogen-bond acceptors (Lipinski definition) is 4. The second-order valence-electron chi connectivity index (χ2n) is 24.0. The van der Waals surface area contributed by atoms with Gasteiger partial charge in [-0.25, -0.2) is 4.98 Å². The van der Waals surface area contributed by atoms with Gasteiger partial charge in [0, 0.05) is 51.3 Å². The van der Waals surface area contributed by atoms with E-state index in [1.165, 1.54) is 61.1 Å². The van der Waals surface area contributed by atoms with E-state index in [1.807, 2.05) is 6.20 Å². The van der Waals surface area contributed by atoms with Crippen molar-refractivity contribution in [1.82, 2.24) is 9.55 Å². The molecule has 71 heavy (non-hydrogen) atoms. The summed E-state index contributed by atoms with van der Waals surface area (Å²) in [4.78, 5) is 9.97. The Labute approximate surface area is 422 Å². The van der Waals surface area contributed by atoms with Gasteiger partial charge in [-0.05, 0) is 128 Å². The standard InChI is InChI=1S/C66H70N4O/c1-62(2,3)46-27-31-57-56(38-46)55-30-29-53(42-59(55)70(57)61-40-48(33-34-67-61)64(7,8)9)71-54-37-50(66(12,13)45-23-18-15-19-24-45)36-52(41-54)69-43-68(60-39-47(63(4,5)6)28-32-58(60)69)51-26-20-25-49(35-51)65(10,11)44-21-16-14-17-22-44/h14-42H,43H2,1-13H3. The number of nitrogens with zero attached hydrogens (tertiary/aromatic N) is 4. The summed E-state index contributed by atoms with van der Waals surface area (Å²) in [5.74, 6) is 2.44. The smallest absolute Gasteiger partial charge is 0.137 e. The number of ether oxygens (including phenoxy) is 1. The Balaban J connectivity index is 1.12. The molecule has 0 atom stereocenters. The third-order valence-corrected chi connectivity index (χ3v) is 15.2. The molecule has 0 aliphatic carbocycles. The molecule has 1 aliphatic rings. The minimum atomic E-state index is -0.337. The van der Waals surface area contributed by atoms with Gasteiger partial charge >= 0.3 is 0 Å². The lowest BCUT2D eigenvalue weighted by atomic mass is 9.78. The van der Waals surface area contributed by atoms with Crippen molar-refractivity contribution in [2.75, 3.05) is 16.5 Å². The number of hydrogen-bond donors (Lipinski definition) is 0. The molecule has 0 saturated carbocycles. The van der Waals surface area contributed by atoms with E-state index in [4.69, 9.17) is 9.72 Å². The summed E-state index contributed by atoms with van der Waals surface area (Å²) in [7, 11) is 0. The average Bonchev–Trinajstić information content (AvgIpc) is 3.89. The van der Waals surface area contributed by atoms with Gasteiger partial charge in [0.1, 0.15) is 24.0 Å². The highest BCUT2D eigenvalue weighted by molar-refractivity contribution is 6.10. The Morgan fingerprint density at radius 3 is 1.62 bits per heavy atom. The van der Waals surface area contributed by atoms with E-state index in [0.717, 1.165) is 39.7 Å². The van der Waals surface area contributed by atoms with Crippen molar-refractivity contribution >= 4 is 44.6 Å². The highest BCUT2D eigenvalue weighted by Crippen LogP contribution is 2.49. The van der Waals surface area contributed by atoms with E-state index in [-0.39, 0.29) is 27.1 Å². The largest absolute Gasteiger partial charge is 0.457 e. The molecule has 10 rings (SSSR count). The minimum absolute atomic E-state index is 0.00257. The predicted octanol–water partition coefficient (Wildman–Crippen LogP) is 17.8. The van der Waals surface area contributed by atoms with Crippen LogP contribution in [0.5, 0.6) is 11.5 Å². The van der Waals surface area contributed by atoms with Gasteiger partial charge in [0.2, 0.25) is 0 Å².